The zero-order valence-electron chi connectivity index (χ0n) is 8.76. The molecule has 76 valence electrons. The van der Waals surface area contributed by atoms with E-state index in [1.807, 2.05) is 0 Å². The van der Waals surface area contributed by atoms with Crippen molar-refractivity contribution in [3.05, 3.63) is 12.2 Å². The van der Waals surface area contributed by atoms with Gasteiger partial charge < -0.3 is 10.6 Å². The van der Waals surface area contributed by atoms with Crippen LogP contribution >= 0.6 is 0 Å². The van der Waals surface area contributed by atoms with E-state index in [0.29, 0.717) is 0 Å². The Hall–Kier alpha value is -0.340. The Morgan fingerprint density at radius 3 is 2.54 bits per heavy atom. The molecule has 1 aliphatic rings. The van der Waals surface area contributed by atoms with Crippen LogP contribution in [-0.4, -0.2) is 31.1 Å². The molecule has 0 aromatic rings. The Labute approximate surface area is 81.8 Å². The number of rotatable bonds is 4. The summed E-state index contributed by atoms with van der Waals surface area (Å²) in [5.41, 5.74) is 6.89. The maximum absolute atomic E-state index is 5.52. The summed E-state index contributed by atoms with van der Waals surface area (Å²) in [7, 11) is 0. The van der Waals surface area contributed by atoms with Gasteiger partial charge in [-0.15, -0.1) is 0 Å². The van der Waals surface area contributed by atoms with E-state index in [4.69, 9.17) is 5.73 Å². The van der Waals surface area contributed by atoms with E-state index in [-0.39, 0.29) is 0 Å². The Morgan fingerprint density at radius 1 is 1.46 bits per heavy atom. The molecule has 0 unspecified atom stereocenters. The molecular formula is C11H22N2. The number of hydrogen-bond acceptors (Lipinski definition) is 2. The standard InChI is InChI=1S/C11H22N2/c1-3-13-8-5-11(6-9-13)10(2)4-7-12/h11H,2-9,12H2,1H3. The third-order valence-corrected chi connectivity index (χ3v) is 3.08. The average molecular weight is 182 g/mol. The lowest BCUT2D eigenvalue weighted by atomic mass is 9.88. The predicted octanol–water partition coefficient (Wildman–Crippen LogP) is 1.62. The summed E-state index contributed by atoms with van der Waals surface area (Å²) in [5, 5.41) is 0. The molecule has 1 heterocycles. The molecule has 1 saturated heterocycles. The minimum atomic E-state index is 0.742. The summed E-state index contributed by atoms with van der Waals surface area (Å²) < 4.78 is 0. The van der Waals surface area contributed by atoms with E-state index < -0.39 is 0 Å². The predicted molar refractivity (Wildman–Crippen MR) is 57.6 cm³/mol. The SMILES string of the molecule is C=C(CCN)C1CCN(CC)CC1. The summed E-state index contributed by atoms with van der Waals surface area (Å²) in [6, 6.07) is 0. The van der Waals surface area contributed by atoms with Crippen LogP contribution < -0.4 is 5.73 Å². The van der Waals surface area contributed by atoms with Gasteiger partial charge in [0.2, 0.25) is 0 Å². The maximum atomic E-state index is 5.52. The van der Waals surface area contributed by atoms with E-state index >= 15 is 0 Å². The summed E-state index contributed by atoms with van der Waals surface area (Å²) >= 11 is 0. The molecule has 0 radical (unpaired) electrons. The molecule has 1 rings (SSSR count). The second kappa shape index (κ2) is 5.40. The van der Waals surface area contributed by atoms with E-state index in [1.165, 1.54) is 38.0 Å². The minimum absolute atomic E-state index is 0.742. The number of nitrogens with two attached hydrogens (primary N) is 1. The Morgan fingerprint density at radius 2 is 2.08 bits per heavy atom. The number of nitrogens with zero attached hydrogens (tertiary/aromatic N) is 1. The summed E-state index contributed by atoms with van der Waals surface area (Å²) in [4.78, 5) is 2.51. The third kappa shape index (κ3) is 3.12. The van der Waals surface area contributed by atoms with Crippen LogP contribution in [0.1, 0.15) is 26.2 Å². The van der Waals surface area contributed by atoms with Crippen molar-refractivity contribution >= 4 is 0 Å². The highest BCUT2D eigenvalue weighted by Crippen LogP contribution is 2.24. The van der Waals surface area contributed by atoms with Gasteiger partial charge in [0.05, 0.1) is 0 Å². The van der Waals surface area contributed by atoms with Gasteiger partial charge in [0.1, 0.15) is 0 Å². The molecule has 0 saturated carbocycles. The lowest BCUT2D eigenvalue weighted by Gasteiger charge is -2.32. The highest BCUT2D eigenvalue weighted by atomic mass is 15.1. The molecule has 1 fully saturated rings. The zero-order chi connectivity index (χ0) is 9.68. The summed E-state index contributed by atoms with van der Waals surface area (Å²) in [5.74, 6) is 0.742. The summed E-state index contributed by atoms with van der Waals surface area (Å²) in [6.07, 6.45) is 3.58. The van der Waals surface area contributed by atoms with E-state index in [0.717, 1.165) is 18.9 Å². The van der Waals surface area contributed by atoms with Gasteiger partial charge in [-0.2, -0.15) is 0 Å². The van der Waals surface area contributed by atoms with Crippen LogP contribution in [0.15, 0.2) is 12.2 Å². The van der Waals surface area contributed by atoms with Crippen LogP contribution in [0.5, 0.6) is 0 Å². The molecule has 0 amide bonds. The topological polar surface area (TPSA) is 29.3 Å². The van der Waals surface area contributed by atoms with Crippen molar-refractivity contribution in [2.75, 3.05) is 26.2 Å². The lowest BCUT2D eigenvalue weighted by Crippen LogP contribution is -2.34. The highest BCUT2D eigenvalue weighted by Gasteiger charge is 2.19. The Bertz CT molecular complexity index is 157. The van der Waals surface area contributed by atoms with Gasteiger partial charge in [0.25, 0.3) is 0 Å². The molecule has 2 N–H and O–H groups in total. The van der Waals surface area contributed by atoms with Gasteiger partial charge in [-0.1, -0.05) is 19.1 Å². The van der Waals surface area contributed by atoms with Crippen LogP contribution in [-0.2, 0) is 0 Å². The van der Waals surface area contributed by atoms with Crippen LogP contribution in [0, 0.1) is 5.92 Å². The lowest BCUT2D eigenvalue weighted by molar-refractivity contribution is 0.206. The molecule has 1 aliphatic heterocycles. The van der Waals surface area contributed by atoms with Crippen LogP contribution in [0.3, 0.4) is 0 Å². The molecule has 0 aliphatic carbocycles. The van der Waals surface area contributed by atoms with Gasteiger partial charge in [-0.3, -0.25) is 0 Å². The van der Waals surface area contributed by atoms with Gasteiger partial charge in [-0.05, 0) is 51.4 Å². The fourth-order valence-corrected chi connectivity index (χ4v) is 2.05. The van der Waals surface area contributed by atoms with Gasteiger partial charge in [0.15, 0.2) is 0 Å². The molecule has 2 heteroatoms. The van der Waals surface area contributed by atoms with Crippen molar-refractivity contribution in [2.24, 2.45) is 11.7 Å². The van der Waals surface area contributed by atoms with Crippen molar-refractivity contribution < 1.29 is 0 Å². The number of hydrogen-bond donors (Lipinski definition) is 1. The molecule has 13 heavy (non-hydrogen) atoms. The second-order valence-corrected chi connectivity index (χ2v) is 3.91. The van der Waals surface area contributed by atoms with E-state index in [9.17, 15) is 0 Å². The Balaban J connectivity index is 2.28. The van der Waals surface area contributed by atoms with E-state index in [1.54, 1.807) is 0 Å². The van der Waals surface area contributed by atoms with Crippen molar-refractivity contribution in [1.82, 2.24) is 4.90 Å². The minimum Gasteiger partial charge on any atom is -0.330 e. The quantitative estimate of drug-likeness (QED) is 0.669. The first-order chi connectivity index (χ1) is 6.27. The van der Waals surface area contributed by atoms with Crippen LogP contribution in [0.2, 0.25) is 0 Å². The van der Waals surface area contributed by atoms with E-state index in [2.05, 4.69) is 18.4 Å². The van der Waals surface area contributed by atoms with Crippen molar-refractivity contribution in [2.45, 2.75) is 26.2 Å². The van der Waals surface area contributed by atoms with Crippen LogP contribution in [0.4, 0.5) is 0 Å². The fraction of sp³-hybridized carbons (Fsp3) is 0.818. The second-order valence-electron chi connectivity index (χ2n) is 3.91. The highest BCUT2D eigenvalue weighted by molar-refractivity contribution is 5.02. The van der Waals surface area contributed by atoms with Crippen molar-refractivity contribution in [3.8, 4) is 0 Å². The molecule has 2 nitrogen and oxygen atoms in total. The first kappa shape index (κ1) is 10.7. The third-order valence-electron chi connectivity index (χ3n) is 3.08. The van der Waals surface area contributed by atoms with Gasteiger partial charge in [-0.25, -0.2) is 0 Å². The zero-order valence-corrected chi connectivity index (χ0v) is 8.76. The normalized spacial score (nSPS) is 20.5. The first-order valence-electron chi connectivity index (χ1n) is 5.38. The molecule has 0 atom stereocenters. The largest absolute Gasteiger partial charge is 0.330 e. The number of piperidine rings is 1. The Kier molecular flexibility index (Phi) is 4.46. The van der Waals surface area contributed by atoms with Gasteiger partial charge in [0, 0.05) is 0 Å². The first-order valence-corrected chi connectivity index (χ1v) is 5.38. The molecular weight excluding hydrogens is 160 g/mol. The molecule has 0 spiro atoms. The molecule has 0 bridgehead atoms. The fourth-order valence-electron chi connectivity index (χ4n) is 2.05. The molecule has 0 aromatic heterocycles. The van der Waals surface area contributed by atoms with Gasteiger partial charge >= 0.3 is 0 Å². The smallest absolute Gasteiger partial charge is 0.00131 e. The van der Waals surface area contributed by atoms with Crippen molar-refractivity contribution in [3.63, 3.8) is 0 Å². The monoisotopic (exact) mass is 182 g/mol. The maximum Gasteiger partial charge on any atom is -0.00131 e. The average Bonchev–Trinajstić information content (AvgIpc) is 2.18. The number of likely N-dealkylation sites (tertiary alicyclic amines) is 1. The summed E-state index contributed by atoms with van der Waals surface area (Å²) in [6.45, 7) is 10.8. The van der Waals surface area contributed by atoms with Crippen molar-refractivity contribution in [1.29, 1.82) is 0 Å². The molecule has 0 aromatic carbocycles. The van der Waals surface area contributed by atoms with Crippen LogP contribution in [0.25, 0.3) is 0 Å².